The molecule has 146 valence electrons. The van der Waals surface area contributed by atoms with Gasteiger partial charge in [-0.15, -0.1) is 11.3 Å². The Bertz CT molecular complexity index is 758. The van der Waals surface area contributed by atoms with Crippen LogP contribution < -0.4 is 0 Å². The molecule has 4 heterocycles. The fraction of sp³-hybridized carbons (Fsp3) is 0.667. The second-order valence-electron chi connectivity index (χ2n) is 8.30. The maximum atomic E-state index is 13.1. The number of nitrogens with zero attached hydrogens (tertiary/aromatic N) is 2. The number of thiophene rings is 1. The molecule has 0 unspecified atom stereocenters. The molecule has 3 fully saturated rings. The predicted octanol–water partition coefficient (Wildman–Crippen LogP) is 3.59. The zero-order chi connectivity index (χ0) is 19.1. The Balaban J connectivity index is 1.57. The van der Waals surface area contributed by atoms with Crippen molar-refractivity contribution in [2.45, 2.75) is 64.5 Å². The molecule has 3 aliphatic heterocycles. The van der Waals surface area contributed by atoms with Crippen LogP contribution in [0.15, 0.2) is 12.1 Å². The number of carbonyl (C=O) groups is 3. The summed E-state index contributed by atoms with van der Waals surface area (Å²) in [5.41, 5.74) is 0. The van der Waals surface area contributed by atoms with Gasteiger partial charge in [0.2, 0.25) is 5.91 Å². The average Bonchev–Trinajstić information content (AvgIpc) is 3.15. The number of amides is 2. The first kappa shape index (κ1) is 18.7. The molecule has 27 heavy (non-hydrogen) atoms. The van der Waals surface area contributed by atoms with Gasteiger partial charge >= 0.3 is 0 Å². The monoisotopic (exact) mass is 388 g/mol. The van der Waals surface area contributed by atoms with Gasteiger partial charge in [-0.3, -0.25) is 14.4 Å². The smallest absolute Gasteiger partial charge is 0.263 e. The summed E-state index contributed by atoms with van der Waals surface area (Å²) in [5, 5.41) is 0. The van der Waals surface area contributed by atoms with Crippen molar-refractivity contribution in [2.24, 2.45) is 11.8 Å². The molecule has 0 aromatic carbocycles. The van der Waals surface area contributed by atoms with Gasteiger partial charge in [0.05, 0.1) is 9.75 Å². The normalized spacial score (nSPS) is 30.2. The summed E-state index contributed by atoms with van der Waals surface area (Å²) < 4.78 is 0. The van der Waals surface area contributed by atoms with Crippen molar-refractivity contribution < 1.29 is 14.4 Å². The summed E-state index contributed by atoms with van der Waals surface area (Å²) in [6.07, 6.45) is 5.94. The number of carbonyl (C=O) groups excluding carboxylic acids is 3. The number of rotatable bonds is 4. The van der Waals surface area contributed by atoms with E-state index in [1.807, 2.05) is 4.90 Å². The van der Waals surface area contributed by atoms with Crippen LogP contribution >= 0.6 is 11.3 Å². The van der Waals surface area contributed by atoms with Crippen LogP contribution in [-0.2, 0) is 4.79 Å². The van der Waals surface area contributed by atoms with E-state index in [4.69, 9.17) is 0 Å². The molecule has 3 aliphatic rings. The van der Waals surface area contributed by atoms with Gasteiger partial charge in [0.15, 0.2) is 5.78 Å². The lowest BCUT2D eigenvalue weighted by molar-refractivity contribution is -0.152. The van der Waals surface area contributed by atoms with Crippen LogP contribution in [0.1, 0.15) is 71.7 Å². The standard InChI is InChI=1S/C21H28N2O3S/c1-3-5-16-14-10-15(17-6-4-7-20(25)23(16)17)12-22(11-14)21(26)19-9-8-18(27-19)13(2)24/h8-9,14-17H,3-7,10-12H2,1-2H3/t14-,15+,16-,17-/m0/s1. The number of Topliss-reactive ketones (excluding diaryl/α,β-unsaturated/α-hetero) is 1. The van der Waals surface area contributed by atoms with Crippen molar-refractivity contribution >= 4 is 28.9 Å². The second-order valence-corrected chi connectivity index (χ2v) is 9.39. The molecule has 5 nitrogen and oxygen atoms in total. The van der Waals surface area contributed by atoms with Crippen molar-refractivity contribution in [3.8, 4) is 0 Å². The number of likely N-dealkylation sites (tertiary alicyclic amines) is 1. The van der Waals surface area contributed by atoms with Crippen molar-refractivity contribution in [1.29, 1.82) is 0 Å². The van der Waals surface area contributed by atoms with Crippen molar-refractivity contribution in [1.82, 2.24) is 9.80 Å². The molecule has 0 saturated carbocycles. The molecular formula is C21H28N2O3S. The van der Waals surface area contributed by atoms with Crippen molar-refractivity contribution in [3.05, 3.63) is 21.9 Å². The lowest BCUT2D eigenvalue weighted by atomic mass is 9.71. The van der Waals surface area contributed by atoms with Crippen LogP contribution in [0, 0.1) is 11.8 Å². The second kappa shape index (κ2) is 7.38. The van der Waals surface area contributed by atoms with Crippen LogP contribution in [0.25, 0.3) is 0 Å². The first-order chi connectivity index (χ1) is 13.0. The molecule has 0 radical (unpaired) electrons. The number of fused-ring (bicyclic) bond motifs is 4. The summed E-state index contributed by atoms with van der Waals surface area (Å²) in [5.74, 6) is 1.14. The molecule has 2 bridgehead atoms. The molecule has 3 saturated heterocycles. The summed E-state index contributed by atoms with van der Waals surface area (Å²) in [6.45, 7) is 5.17. The SMILES string of the molecule is CCC[C@H]1[C@H]2C[C@H](CN(C(=O)c3ccc(C(C)=O)s3)C2)[C@@H]2CCCC(=O)N21. The van der Waals surface area contributed by atoms with Gasteiger partial charge < -0.3 is 9.80 Å². The van der Waals surface area contributed by atoms with E-state index in [0.29, 0.717) is 40.0 Å². The van der Waals surface area contributed by atoms with Crippen molar-refractivity contribution in [3.63, 3.8) is 0 Å². The van der Waals surface area contributed by atoms with Crippen LogP contribution in [0.4, 0.5) is 0 Å². The predicted molar refractivity (Wildman–Crippen MR) is 105 cm³/mol. The minimum atomic E-state index is 0.00827. The summed E-state index contributed by atoms with van der Waals surface area (Å²) in [4.78, 5) is 42.8. The topological polar surface area (TPSA) is 57.7 Å². The van der Waals surface area contributed by atoms with Gasteiger partial charge in [-0.25, -0.2) is 0 Å². The molecular weight excluding hydrogens is 360 g/mol. The molecule has 6 heteroatoms. The lowest BCUT2D eigenvalue weighted by Gasteiger charge is -2.56. The van der Waals surface area contributed by atoms with E-state index in [9.17, 15) is 14.4 Å². The highest BCUT2D eigenvalue weighted by Crippen LogP contribution is 2.43. The number of piperidine rings is 3. The first-order valence-electron chi connectivity index (χ1n) is 10.2. The third-order valence-electron chi connectivity index (χ3n) is 6.53. The van der Waals surface area contributed by atoms with E-state index in [0.717, 1.165) is 45.2 Å². The molecule has 1 aromatic heterocycles. The highest BCUT2D eigenvalue weighted by atomic mass is 32.1. The van der Waals surface area contributed by atoms with Crippen LogP contribution in [-0.4, -0.2) is 52.6 Å². The number of ketones is 1. The average molecular weight is 389 g/mol. The van der Waals surface area contributed by atoms with E-state index < -0.39 is 0 Å². The largest absolute Gasteiger partial charge is 0.337 e. The minimum Gasteiger partial charge on any atom is -0.337 e. The molecule has 2 amide bonds. The Hall–Kier alpha value is -1.69. The summed E-state index contributed by atoms with van der Waals surface area (Å²) in [6, 6.07) is 4.11. The van der Waals surface area contributed by atoms with Crippen molar-refractivity contribution in [2.75, 3.05) is 13.1 Å². The molecule has 4 atom stereocenters. The molecule has 0 spiro atoms. The third kappa shape index (κ3) is 3.33. The van der Waals surface area contributed by atoms with E-state index in [-0.39, 0.29) is 17.7 Å². The number of hydrogen-bond acceptors (Lipinski definition) is 4. The zero-order valence-electron chi connectivity index (χ0n) is 16.1. The molecule has 0 N–H and O–H groups in total. The fourth-order valence-electron chi connectivity index (χ4n) is 5.41. The Labute approximate surface area is 164 Å². The zero-order valence-corrected chi connectivity index (χ0v) is 17.0. The van der Waals surface area contributed by atoms with Gasteiger partial charge in [-0.2, -0.15) is 0 Å². The minimum absolute atomic E-state index is 0.00827. The van der Waals surface area contributed by atoms with Gasteiger partial charge in [-0.05, 0) is 56.6 Å². The van der Waals surface area contributed by atoms with Crippen LogP contribution in [0.2, 0.25) is 0 Å². The van der Waals surface area contributed by atoms with Crippen LogP contribution in [0.5, 0.6) is 0 Å². The number of hydrogen-bond donors (Lipinski definition) is 0. The van der Waals surface area contributed by atoms with E-state index >= 15 is 0 Å². The molecule has 1 aromatic rings. The lowest BCUT2D eigenvalue weighted by Crippen LogP contribution is -2.65. The van der Waals surface area contributed by atoms with Gasteiger partial charge in [0, 0.05) is 31.6 Å². The molecule has 4 rings (SSSR count). The van der Waals surface area contributed by atoms with E-state index in [2.05, 4.69) is 11.8 Å². The maximum absolute atomic E-state index is 13.1. The maximum Gasteiger partial charge on any atom is 0.263 e. The summed E-state index contributed by atoms with van der Waals surface area (Å²) in [7, 11) is 0. The van der Waals surface area contributed by atoms with Gasteiger partial charge in [-0.1, -0.05) is 13.3 Å². The quantitative estimate of drug-likeness (QED) is 0.741. The Morgan fingerprint density at radius 2 is 1.93 bits per heavy atom. The highest BCUT2D eigenvalue weighted by Gasteiger charge is 2.49. The Kier molecular flexibility index (Phi) is 5.10. The van der Waals surface area contributed by atoms with Gasteiger partial charge in [0.1, 0.15) is 0 Å². The van der Waals surface area contributed by atoms with Crippen LogP contribution in [0.3, 0.4) is 0 Å². The van der Waals surface area contributed by atoms with E-state index in [1.54, 1.807) is 12.1 Å². The summed E-state index contributed by atoms with van der Waals surface area (Å²) >= 11 is 1.30. The van der Waals surface area contributed by atoms with E-state index in [1.165, 1.54) is 18.3 Å². The highest BCUT2D eigenvalue weighted by molar-refractivity contribution is 7.15. The first-order valence-corrected chi connectivity index (χ1v) is 11.0. The third-order valence-corrected chi connectivity index (χ3v) is 7.71. The molecule has 0 aliphatic carbocycles. The van der Waals surface area contributed by atoms with Gasteiger partial charge in [0.25, 0.3) is 5.91 Å². The fourth-order valence-corrected chi connectivity index (χ4v) is 6.28. The Morgan fingerprint density at radius 1 is 1.19 bits per heavy atom. The Morgan fingerprint density at radius 3 is 2.63 bits per heavy atom.